The van der Waals surface area contributed by atoms with Gasteiger partial charge in [-0.25, -0.2) is 0 Å². The van der Waals surface area contributed by atoms with Gasteiger partial charge in [0.05, 0.1) is 5.16 Å². The third-order valence-electron chi connectivity index (χ3n) is 8.97. The molecule has 43 heavy (non-hydrogen) atoms. The van der Waals surface area contributed by atoms with E-state index in [2.05, 4.69) is 144 Å². The number of ketones is 1. The maximum Gasteiger partial charge on any atom is 0.134 e. The number of benzene rings is 3. The summed E-state index contributed by atoms with van der Waals surface area (Å²) in [6, 6.07) is 35.2. The van der Waals surface area contributed by atoms with Crippen LogP contribution in [0.2, 0.25) is 0 Å². The average Bonchev–Trinajstić information content (AvgIpc) is 3.69. The van der Waals surface area contributed by atoms with Crippen LogP contribution in [0.1, 0.15) is 79.7 Å². The first-order chi connectivity index (χ1) is 20.6. The summed E-state index contributed by atoms with van der Waals surface area (Å²) in [6.45, 7) is 9.29. The first-order valence-corrected chi connectivity index (χ1v) is 17.1. The normalized spacial score (nSPS) is 16.8. The Kier molecular flexibility index (Phi) is 8.10. The number of H-pyrrole nitrogens is 2. The van der Waals surface area contributed by atoms with Crippen molar-refractivity contribution in [1.29, 1.82) is 0 Å². The molecule has 3 aromatic carbocycles. The molecule has 0 bridgehead atoms. The molecule has 1 atom stereocenters. The Balaban J connectivity index is 1.66. The molecule has 3 heterocycles. The molecule has 0 radical (unpaired) electrons. The summed E-state index contributed by atoms with van der Waals surface area (Å²) in [7, 11) is 2.51. The molecule has 1 aliphatic heterocycles. The molecule has 1 saturated heterocycles. The predicted octanol–water partition coefficient (Wildman–Crippen LogP) is 8.72. The summed E-state index contributed by atoms with van der Waals surface area (Å²) in [4.78, 5) is 20.2. The molecule has 1 fully saturated rings. The third-order valence-corrected chi connectivity index (χ3v) is 13.5. The van der Waals surface area contributed by atoms with E-state index in [9.17, 15) is 4.79 Å². The third kappa shape index (κ3) is 5.83. The molecule has 1 aliphatic rings. The van der Waals surface area contributed by atoms with E-state index in [0.29, 0.717) is 18.6 Å². The highest BCUT2D eigenvalue weighted by Crippen LogP contribution is 2.65. The van der Waals surface area contributed by atoms with Crippen LogP contribution in [0.25, 0.3) is 0 Å². The fourth-order valence-electron chi connectivity index (χ4n) is 7.38. The van der Waals surface area contributed by atoms with Gasteiger partial charge in [-0.15, -0.1) is 9.24 Å². The second-order valence-corrected chi connectivity index (χ2v) is 17.7. The van der Waals surface area contributed by atoms with Gasteiger partial charge in [0.15, 0.2) is 0 Å². The fraction of sp³-hybridized carbons (Fsp3) is 0.289. The highest BCUT2D eigenvalue weighted by atomic mass is 31.1. The van der Waals surface area contributed by atoms with E-state index in [-0.39, 0.29) is 10.3 Å². The van der Waals surface area contributed by atoms with Crippen LogP contribution in [-0.2, 0) is 22.8 Å². The molecule has 5 heteroatoms. The highest BCUT2D eigenvalue weighted by molar-refractivity contribution is 7.69. The largest absolute Gasteiger partial charge is 0.364 e. The van der Waals surface area contributed by atoms with Gasteiger partial charge in [-0.1, -0.05) is 108 Å². The summed E-state index contributed by atoms with van der Waals surface area (Å²) in [5.74, 6) is 0.381. The van der Waals surface area contributed by atoms with Crippen molar-refractivity contribution in [2.24, 2.45) is 0 Å². The molecule has 0 amide bonds. The zero-order valence-electron chi connectivity index (χ0n) is 25.7. The van der Waals surface area contributed by atoms with Crippen LogP contribution < -0.4 is 5.30 Å². The topological polar surface area (TPSA) is 48.6 Å². The number of carbonyl (C=O) groups is 1. The van der Waals surface area contributed by atoms with Crippen LogP contribution in [-0.4, -0.2) is 26.1 Å². The van der Waals surface area contributed by atoms with E-state index in [1.165, 1.54) is 33.1 Å². The molecular weight excluding hydrogens is 562 g/mol. The highest BCUT2D eigenvalue weighted by Gasteiger charge is 2.50. The SMILES string of the molecule is CC1(C)CC(=O)CC(C)(C)P1c1cc(Cc2ccccc2)c(Cc2ccccc2)cc1C(P)(c1ccc[nH]1)c1ccc[nH]1. The van der Waals surface area contributed by atoms with E-state index in [1.54, 1.807) is 0 Å². The Morgan fingerprint density at radius 3 is 1.60 bits per heavy atom. The van der Waals surface area contributed by atoms with Gasteiger partial charge in [-0.05, 0) is 80.5 Å². The number of rotatable bonds is 8. The smallest absolute Gasteiger partial charge is 0.134 e. The van der Waals surface area contributed by atoms with Gasteiger partial charge in [0.25, 0.3) is 0 Å². The van der Waals surface area contributed by atoms with Crippen LogP contribution >= 0.6 is 17.2 Å². The maximum absolute atomic E-state index is 13.1. The maximum atomic E-state index is 13.1. The van der Waals surface area contributed by atoms with Gasteiger partial charge in [0, 0.05) is 36.6 Å². The Morgan fingerprint density at radius 2 is 1.16 bits per heavy atom. The lowest BCUT2D eigenvalue weighted by Gasteiger charge is -2.51. The number of aromatic nitrogens is 2. The second-order valence-electron chi connectivity index (χ2n) is 13.3. The van der Waals surface area contributed by atoms with Crippen LogP contribution in [0, 0.1) is 0 Å². The van der Waals surface area contributed by atoms with E-state index in [0.717, 1.165) is 24.2 Å². The Labute approximate surface area is 259 Å². The zero-order valence-corrected chi connectivity index (χ0v) is 27.7. The van der Waals surface area contributed by atoms with Crippen molar-refractivity contribution < 1.29 is 4.79 Å². The molecule has 5 aromatic rings. The van der Waals surface area contributed by atoms with Gasteiger partial charge < -0.3 is 9.97 Å². The standard InChI is InChI=1S/C38H42N2OP2/c1-36(2)25-31(41)26-37(3,4)43(36)33-24-30(22-28-15-9-6-10-16-28)29(21-27-13-7-5-8-14-27)23-32(33)38(42,34-17-11-19-39-34)35-18-12-20-40-35/h5-20,23-24,39-40H,21-22,25-26,42H2,1-4H3. The van der Waals surface area contributed by atoms with Crippen molar-refractivity contribution in [3.8, 4) is 0 Å². The first kappa shape index (κ1) is 29.8. The van der Waals surface area contributed by atoms with Gasteiger partial charge in [0.1, 0.15) is 5.78 Å². The molecule has 6 rings (SSSR count). The fourth-order valence-corrected chi connectivity index (χ4v) is 12.5. The van der Waals surface area contributed by atoms with Gasteiger partial charge in [-0.2, -0.15) is 0 Å². The molecule has 0 aliphatic carbocycles. The minimum Gasteiger partial charge on any atom is -0.364 e. The Morgan fingerprint density at radius 1 is 0.698 bits per heavy atom. The summed E-state index contributed by atoms with van der Waals surface area (Å²) in [6.07, 6.45) is 7.00. The lowest BCUT2D eigenvalue weighted by molar-refractivity contribution is -0.120. The van der Waals surface area contributed by atoms with Crippen LogP contribution in [0.3, 0.4) is 0 Å². The van der Waals surface area contributed by atoms with Crippen molar-refractivity contribution >= 4 is 28.2 Å². The van der Waals surface area contributed by atoms with Crippen molar-refractivity contribution in [2.45, 2.75) is 68.8 Å². The van der Waals surface area contributed by atoms with Gasteiger partial charge >= 0.3 is 0 Å². The van der Waals surface area contributed by atoms with Gasteiger partial charge in [-0.3, -0.25) is 4.79 Å². The number of hydrogen-bond acceptors (Lipinski definition) is 1. The summed E-state index contributed by atoms with van der Waals surface area (Å²) < 4.78 is 0. The van der Waals surface area contributed by atoms with Crippen molar-refractivity contribution in [2.75, 3.05) is 0 Å². The molecule has 220 valence electrons. The first-order valence-electron chi connectivity index (χ1n) is 15.2. The molecule has 3 nitrogen and oxygen atoms in total. The monoisotopic (exact) mass is 604 g/mol. The summed E-state index contributed by atoms with van der Waals surface area (Å²) >= 11 is 0. The van der Waals surface area contributed by atoms with Crippen molar-refractivity contribution in [3.63, 3.8) is 0 Å². The van der Waals surface area contributed by atoms with E-state index < -0.39 is 13.1 Å². The zero-order chi connectivity index (χ0) is 30.2. The van der Waals surface area contributed by atoms with Crippen molar-refractivity contribution in [1.82, 2.24) is 9.97 Å². The number of carbonyl (C=O) groups excluding carboxylic acids is 1. The number of hydrogen-bond donors (Lipinski definition) is 2. The molecule has 0 saturated carbocycles. The Hall–Kier alpha value is -3.25. The molecule has 2 aromatic heterocycles. The lowest BCUT2D eigenvalue weighted by Crippen LogP contribution is -2.45. The quantitative estimate of drug-likeness (QED) is 0.171. The number of nitrogens with one attached hydrogen (secondary N) is 2. The van der Waals surface area contributed by atoms with Crippen molar-refractivity contribution in [3.05, 3.63) is 149 Å². The minimum absolute atomic E-state index is 0.134. The predicted molar refractivity (Wildman–Crippen MR) is 185 cm³/mol. The molecule has 1 unspecified atom stereocenters. The van der Waals surface area contributed by atoms with E-state index >= 15 is 0 Å². The lowest BCUT2D eigenvalue weighted by atomic mass is 9.86. The second kappa shape index (κ2) is 11.7. The average molecular weight is 605 g/mol. The van der Waals surface area contributed by atoms with E-state index in [1.807, 2.05) is 12.4 Å². The van der Waals surface area contributed by atoms with Crippen LogP contribution in [0.5, 0.6) is 0 Å². The van der Waals surface area contributed by atoms with Gasteiger partial charge in [0.2, 0.25) is 0 Å². The number of aromatic amines is 2. The van der Waals surface area contributed by atoms with Crippen LogP contribution in [0.15, 0.2) is 109 Å². The van der Waals surface area contributed by atoms with Crippen LogP contribution in [0.4, 0.5) is 0 Å². The summed E-state index contributed by atoms with van der Waals surface area (Å²) in [5.41, 5.74) is 8.88. The van der Waals surface area contributed by atoms with E-state index in [4.69, 9.17) is 0 Å². The molecule has 0 spiro atoms. The summed E-state index contributed by atoms with van der Waals surface area (Å²) in [5, 5.41) is 0.615. The minimum atomic E-state index is -0.741. The Bertz CT molecular complexity index is 1630. The molecule has 2 N–H and O–H groups in total. The molecular formula is C38H42N2OP2. The number of Topliss-reactive ketones (excluding diaryl/α,β-unsaturated/α-hetero) is 1.